The first-order valence-corrected chi connectivity index (χ1v) is 9.63. The number of hydrogen-bond acceptors (Lipinski definition) is 4. The first-order chi connectivity index (χ1) is 10.6. The van der Waals surface area contributed by atoms with Crippen LogP contribution in [0.25, 0.3) is 0 Å². The van der Waals surface area contributed by atoms with Crippen LogP contribution in [0.15, 0.2) is 18.3 Å². The van der Waals surface area contributed by atoms with Crippen LogP contribution < -0.4 is 0 Å². The summed E-state index contributed by atoms with van der Waals surface area (Å²) in [5, 5.41) is -0.342. The third kappa shape index (κ3) is 3.19. The Hall–Kier alpha value is -0.980. The lowest BCUT2D eigenvalue weighted by molar-refractivity contribution is 0.197. The Morgan fingerprint density at radius 2 is 2.09 bits per heavy atom. The number of sulfonamides is 1. The summed E-state index contributed by atoms with van der Waals surface area (Å²) in [4.78, 5) is 4.49. The van der Waals surface area contributed by atoms with Crippen molar-refractivity contribution in [2.45, 2.75) is 43.8 Å². The molecule has 1 atom stereocenters. The molecular formula is C16H24N2O3S. The van der Waals surface area contributed by atoms with Crippen molar-refractivity contribution in [3.63, 3.8) is 0 Å². The van der Waals surface area contributed by atoms with Crippen LogP contribution in [0.4, 0.5) is 0 Å². The predicted octanol–water partition coefficient (Wildman–Crippen LogP) is 1.94. The van der Waals surface area contributed by atoms with E-state index in [4.69, 9.17) is 4.74 Å². The summed E-state index contributed by atoms with van der Waals surface area (Å²) in [6, 6.07) is 4.21. The highest BCUT2D eigenvalue weighted by Gasteiger charge is 2.37. The zero-order valence-corrected chi connectivity index (χ0v) is 13.9. The van der Waals surface area contributed by atoms with E-state index < -0.39 is 10.0 Å². The van der Waals surface area contributed by atoms with Gasteiger partial charge < -0.3 is 4.74 Å². The molecule has 6 heteroatoms. The Bertz CT molecular complexity index is 604. The second kappa shape index (κ2) is 6.64. The maximum absolute atomic E-state index is 12.6. The smallest absolute Gasteiger partial charge is 0.219 e. The molecule has 122 valence electrons. The monoisotopic (exact) mass is 324 g/mol. The van der Waals surface area contributed by atoms with Crippen LogP contribution in [0.2, 0.25) is 0 Å². The summed E-state index contributed by atoms with van der Waals surface area (Å²) in [6.45, 7) is 4.25. The maximum Gasteiger partial charge on any atom is 0.219 e. The van der Waals surface area contributed by atoms with E-state index in [1.165, 1.54) is 5.56 Å². The average molecular weight is 324 g/mol. The highest BCUT2D eigenvalue weighted by molar-refractivity contribution is 7.89. The molecule has 1 aromatic rings. The number of pyridine rings is 1. The number of nitrogens with zero attached hydrogens (tertiary/aromatic N) is 2. The number of aromatic nitrogens is 1. The summed E-state index contributed by atoms with van der Waals surface area (Å²) < 4.78 is 32.0. The van der Waals surface area contributed by atoms with Crippen molar-refractivity contribution in [1.29, 1.82) is 0 Å². The molecule has 0 N–H and O–H groups in total. The molecule has 0 spiro atoms. The normalized spacial score (nSPS) is 24.7. The standard InChI is InChI=1S/C16H24N2O3S/c1-2-13-3-7-17-16(11-13)14-4-8-18(9-5-14)22(19,20)15-6-10-21-12-15/h3,7,11,14-15H,2,4-6,8-10,12H2,1H3. The molecule has 0 saturated carbocycles. The van der Waals surface area contributed by atoms with E-state index in [9.17, 15) is 8.42 Å². The Balaban J connectivity index is 1.64. The van der Waals surface area contributed by atoms with Gasteiger partial charge in [-0.3, -0.25) is 4.98 Å². The summed E-state index contributed by atoms with van der Waals surface area (Å²) in [5.41, 5.74) is 2.41. The molecule has 0 bridgehead atoms. The van der Waals surface area contributed by atoms with Crippen molar-refractivity contribution in [2.24, 2.45) is 0 Å². The van der Waals surface area contributed by atoms with Crippen LogP contribution in [-0.2, 0) is 21.2 Å². The third-order valence-corrected chi connectivity index (χ3v) is 7.09. The molecule has 2 aliphatic rings. The molecule has 2 saturated heterocycles. The van der Waals surface area contributed by atoms with Gasteiger partial charge in [-0.2, -0.15) is 0 Å². The van der Waals surface area contributed by atoms with Gasteiger partial charge in [-0.15, -0.1) is 0 Å². The van der Waals surface area contributed by atoms with Crippen LogP contribution in [0.5, 0.6) is 0 Å². The summed E-state index contributed by atoms with van der Waals surface area (Å²) in [5.74, 6) is 0.373. The summed E-state index contributed by atoms with van der Waals surface area (Å²) in [7, 11) is -3.19. The van der Waals surface area contributed by atoms with Gasteiger partial charge >= 0.3 is 0 Å². The summed E-state index contributed by atoms with van der Waals surface area (Å²) >= 11 is 0. The van der Waals surface area contributed by atoms with E-state index in [0.29, 0.717) is 38.6 Å². The third-order valence-electron chi connectivity index (χ3n) is 4.79. The molecule has 2 fully saturated rings. The molecule has 1 unspecified atom stereocenters. The maximum atomic E-state index is 12.6. The second-order valence-electron chi connectivity index (χ2n) is 6.15. The van der Waals surface area contributed by atoms with Gasteiger partial charge in [0, 0.05) is 37.5 Å². The van der Waals surface area contributed by atoms with Gasteiger partial charge in [0.25, 0.3) is 0 Å². The Morgan fingerprint density at radius 1 is 1.32 bits per heavy atom. The van der Waals surface area contributed by atoms with Crippen molar-refractivity contribution in [2.75, 3.05) is 26.3 Å². The molecule has 0 amide bonds. The first kappa shape index (κ1) is 15.9. The van der Waals surface area contributed by atoms with E-state index in [0.717, 1.165) is 25.0 Å². The highest BCUT2D eigenvalue weighted by atomic mass is 32.2. The Kier molecular flexibility index (Phi) is 4.80. The molecule has 0 radical (unpaired) electrons. The van der Waals surface area contributed by atoms with E-state index >= 15 is 0 Å². The number of hydrogen-bond donors (Lipinski definition) is 0. The summed E-state index contributed by atoms with van der Waals surface area (Å²) in [6.07, 6.45) is 5.21. The fourth-order valence-electron chi connectivity index (χ4n) is 3.30. The zero-order chi connectivity index (χ0) is 15.6. The van der Waals surface area contributed by atoms with E-state index in [-0.39, 0.29) is 5.25 Å². The van der Waals surface area contributed by atoms with Gasteiger partial charge in [0.15, 0.2) is 0 Å². The van der Waals surface area contributed by atoms with Crippen LogP contribution in [0.1, 0.15) is 43.4 Å². The lowest BCUT2D eigenvalue weighted by Crippen LogP contribution is -2.43. The first-order valence-electron chi connectivity index (χ1n) is 8.12. The molecular weight excluding hydrogens is 300 g/mol. The van der Waals surface area contributed by atoms with Crippen LogP contribution >= 0.6 is 0 Å². The largest absolute Gasteiger partial charge is 0.380 e. The molecule has 1 aromatic heterocycles. The van der Waals surface area contributed by atoms with Crippen LogP contribution in [-0.4, -0.2) is 49.3 Å². The molecule has 0 aliphatic carbocycles. The lowest BCUT2D eigenvalue weighted by atomic mass is 9.93. The van der Waals surface area contributed by atoms with Crippen molar-refractivity contribution < 1.29 is 13.2 Å². The van der Waals surface area contributed by atoms with Gasteiger partial charge in [0.1, 0.15) is 5.25 Å². The number of piperidine rings is 1. The van der Waals surface area contributed by atoms with Crippen LogP contribution in [0, 0.1) is 0 Å². The minimum Gasteiger partial charge on any atom is -0.380 e. The van der Waals surface area contributed by atoms with Gasteiger partial charge in [0.05, 0.1) is 6.61 Å². The second-order valence-corrected chi connectivity index (χ2v) is 8.36. The fourth-order valence-corrected chi connectivity index (χ4v) is 5.11. The fraction of sp³-hybridized carbons (Fsp3) is 0.688. The molecule has 22 heavy (non-hydrogen) atoms. The molecule has 3 rings (SSSR count). The lowest BCUT2D eigenvalue weighted by Gasteiger charge is -2.32. The van der Waals surface area contributed by atoms with Gasteiger partial charge in [-0.1, -0.05) is 6.92 Å². The zero-order valence-electron chi connectivity index (χ0n) is 13.1. The minimum absolute atomic E-state index is 0.342. The quantitative estimate of drug-likeness (QED) is 0.849. The van der Waals surface area contributed by atoms with E-state index in [1.807, 2.05) is 12.3 Å². The SMILES string of the molecule is CCc1ccnc(C2CCN(S(=O)(=O)C3CCOC3)CC2)c1. The molecule has 3 heterocycles. The highest BCUT2D eigenvalue weighted by Crippen LogP contribution is 2.30. The van der Waals surface area contributed by atoms with Gasteiger partial charge in [-0.25, -0.2) is 12.7 Å². The van der Waals surface area contributed by atoms with E-state index in [1.54, 1.807) is 4.31 Å². The Morgan fingerprint density at radius 3 is 2.73 bits per heavy atom. The molecule has 5 nitrogen and oxygen atoms in total. The minimum atomic E-state index is -3.19. The average Bonchev–Trinajstić information content (AvgIpc) is 3.10. The van der Waals surface area contributed by atoms with Crippen molar-refractivity contribution in [3.05, 3.63) is 29.6 Å². The van der Waals surface area contributed by atoms with Crippen molar-refractivity contribution in [1.82, 2.24) is 9.29 Å². The topological polar surface area (TPSA) is 59.5 Å². The predicted molar refractivity (Wildman–Crippen MR) is 85.3 cm³/mol. The molecule has 0 aromatic carbocycles. The number of aryl methyl sites for hydroxylation is 1. The van der Waals surface area contributed by atoms with Crippen molar-refractivity contribution in [3.8, 4) is 0 Å². The van der Waals surface area contributed by atoms with E-state index in [2.05, 4.69) is 18.0 Å². The van der Waals surface area contributed by atoms with Crippen LogP contribution in [0.3, 0.4) is 0 Å². The van der Waals surface area contributed by atoms with Crippen molar-refractivity contribution >= 4 is 10.0 Å². The molecule has 2 aliphatic heterocycles. The Labute approximate surface area is 132 Å². The number of rotatable bonds is 4. The number of ether oxygens (including phenoxy) is 1. The van der Waals surface area contributed by atoms with Gasteiger partial charge in [0.2, 0.25) is 10.0 Å². The van der Waals surface area contributed by atoms with Gasteiger partial charge in [-0.05, 0) is 43.4 Å².